The van der Waals surface area contributed by atoms with Gasteiger partial charge in [-0.2, -0.15) is 0 Å². The largest absolute Gasteiger partial charge is 0.481 e. The minimum absolute atomic E-state index is 0.0125. The highest BCUT2D eigenvalue weighted by atomic mass is 32.2. The molecular formula is C20H29N3O3S2. The minimum atomic E-state index is -0.843. The lowest BCUT2D eigenvalue weighted by atomic mass is 9.88. The van der Waals surface area contributed by atoms with Gasteiger partial charge in [0.05, 0.1) is 16.2 Å². The van der Waals surface area contributed by atoms with Crippen LogP contribution >= 0.6 is 23.1 Å². The van der Waals surface area contributed by atoms with Crippen LogP contribution in [0.1, 0.15) is 57.8 Å². The molecule has 1 aromatic rings. The number of carboxylic acids is 1. The number of carbonyl (C=O) groups excluding carboxylic acids is 1. The molecule has 3 atom stereocenters. The molecule has 0 radical (unpaired) electrons. The molecule has 3 fully saturated rings. The third-order valence-corrected chi connectivity index (χ3v) is 8.88. The summed E-state index contributed by atoms with van der Waals surface area (Å²) < 4.78 is 0.834. The summed E-state index contributed by atoms with van der Waals surface area (Å²) in [4.78, 5) is 32.7. The summed E-state index contributed by atoms with van der Waals surface area (Å²) in [6.07, 6.45) is 12.7. The van der Waals surface area contributed by atoms with Crippen molar-refractivity contribution in [3.63, 3.8) is 0 Å². The van der Waals surface area contributed by atoms with Crippen molar-refractivity contribution in [2.24, 2.45) is 11.8 Å². The van der Waals surface area contributed by atoms with Gasteiger partial charge in [-0.3, -0.25) is 9.69 Å². The Balaban J connectivity index is 1.50. The summed E-state index contributed by atoms with van der Waals surface area (Å²) in [5.41, 5.74) is 0. The lowest BCUT2D eigenvalue weighted by Crippen LogP contribution is -2.54. The molecule has 1 heterocycles. The number of hydrogen-bond donors (Lipinski definition) is 1. The molecule has 6 nitrogen and oxygen atoms in total. The Bertz CT molecular complexity index is 719. The van der Waals surface area contributed by atoms with Crippen LogP contribution in [0, 0.1) is 11.8 Å². The van der Waals surface area contributed by atoms with Crippen LogP contribution in [0.25, 0.3) is 0 Å². The second-order valence-corrected chi connectivity index (χ2v) is 10.7. The number of rotatable bonds is 6. The van der Waals surface area contributed by atoms with E-state index in [2.05, 4.69) is 9.88 Å². The molecule has 3 saturated carbocycles. The Kier molecular flexibility index (Phi) is 6.16. The van der Waals surface area contributed by atoms with Crippen molar-refractivity contribution in [3.8, 4) is 0 Å². The summed E-state index contributed by atoms with van der Waals surface area (Å²) in [7, 11) is 1.82. The zero-order chi connectivity index (χ0) is 19.7. The van der Waals surface area contributed by atoms with Gasteiger partial charge >= 0.3 is 12.0 Å². The molecule has 2 amide bonds. The van der Waals surface area contributed by atoms with Gasteiger partial charge in [-0.25, -0.2) is 9.78 Å². The predicted octanol–water partition coefficient (Wildman–Crippen LogP) is 4.70. The van der Waals surface area contributed by atoms with E-state index in [1.165, 1.54) is 68.0 Å². The molecule has 1 N–H and O–H groups in total. The van der Waals surface area contributed by atoms with Gasteiger partial charge in [0.2, 0.25) is 0 Å². The number of fused-ring (bicyclic) bond motifs is 2. The highest BCUT2D eigenvalue weighted by Crippen LogP contribution is 2.48. The van der Waals surface area contributed by atoms with Crippen molar-refractivity contribution in [3.05, 3.63) is 6.20 Å². The minimum Gasteiger partial charge on any atom is -0.481 e. The molecule has 0 saturated heterocycles. The van der Waals surface area contributed by atoms with Gasteiger partial charge in [-0.05, 0) is 43.9 Å². The van der Waals surface area contributed by atoms with E-state index in [9.17, 15) is 9.59 Å². The Hall–Kier alpha value is -1.28. The highest BCUT2D eigenvalue weighted by molar-refractivity contribution is 8.01. The molecule has 0 spiro atoms. The molecule has 4 rings (SSSR count). The maximum atomic E-state index is 13.6. The number of thiazole rings is 1. The predicted molar refractivity (Wildman–Crippen MR) is 112 cm³/mol. The molecule has 2 bridgehead atoms. The normalized spacial score (nSPS) is 27.1. The Morgan fingerprint density at radius 1 is 1.21 bits per heavy atom. The third-order valence-electron chi connectivity index (χ3n) is 6.63. The van der Waals surface area contributed by atoms with Crippen LogP contribution in [0.3, 0.4) is 0 Å². The molecule has 154 valence electrons. The molecular weight excluding hydrogens is 394 g/mol. The lowest BCUT2D eigenvalue weighted by molar-refractivity contribution is -0.133. The van der Waals surface area contributed by atoms with Crippen molar-refractivity contribution >= 4 is 40.2 Å². The van der Waals surface area contributed by atoms with Gasteiger partial charge in [0.1, 0.15) is 0 Å². The van der Waals surface area contributed by atoms with Crippen LogP contribution in [-0.2, 0) is 4.79 Å². The van der Waals surface area contributed by atoms with E-state index in [4.69, 9.17) is 5.11 Å². The maximum absolute atomic E-state index is 13.6. The van der Waals surface area contributed by atoms with Crippen molar-refractivity contribution < 1.29 is 14.7 Å². The topological polar surface area (TPSA) is 73.7 Å². The molecule has 8 heteroatoms. The van der Waals surface area contributed by atoms with E-state index in [1.54, 1.807) is 11.1 Å². The average molecular weight is 424 g/mol. The molecule has 3 unspecified atom stereocenters. The van der Waals surface area contributed by atoms with Crippen LogP contribution in [0.5, 0.6) is 0 Å². The van der Waals surface area contributed by atoms with Gasteiger partial charge in [-0.15, -0.1) is 11.8 Å². The number of nitrogens with zero attached hydrogens (tertiary/aromatic N) is 3. The van der Waals surface area contributed by atoms with E-state index in [1.807, 2.05) is 7.05 Å². The van der Waals surface area contributed by atoms with E-state index in [-0.39, 0.29) is 11.8 Å². The maximum Gasteiger partial charge on any atom is 0.326 e. The number of carbonyl (C=O) groups is 2. The van der Waals surface area contributed by atoms with Crippen LogP contribution in [0.4, 0.5) is 9.93 Å². The van der Waals surface area contributed by atoms with Gasteiger partial charge in [0, 0.05) is 19.1 Å². The quantitative estimate of drug-likeness (QED) is 0.672. The molecule has 1 aromatic heterocycles. The second-order valence-electron chi connectivity index (χ2n) is 8.43. The number of urea groups is 1. The summed E-state index contributed by atoms with van der Waals surface area (Å²) in [6, 6.07) is 0.820. The van der Waals surface area contributed by atoms with Gasteiger partial charge in [0.15, 0.2) is 5.13 Å². The average Bonchev–Trinajstić information content (AvgIpc) is 3.44. The Morgan fingerprint density at radius 3 is 2.64 bits per heavy atom. The Labute approximate surface area is 174 Å². The van der Waals surface area contributed by atoms with Gasteiger partial charge < -0.3 is 10.0 Å². The third kappa shape index (κ3) is 4.17. The number of carboxylic acid groups (broad SMARTS) is 1. The lowest BCUT2D eigenvalue weighted by Gasteiger charge is -2.43. The fourth-order valence-electron chi connectivity index (χ4n) is 5.34. The summed E-state index contributed by atoms with van der Waals surface area (Å²) in [5, 5.41) is 9.52. The molecule has 0 aromatic carbocycles. The number of anilines is 1. The fourth-order valence-corrected chi connectivity index (χ4v) is 6.98. The van der Waals surface area contributed by atoms with Crippen molar-refractivity contribution in [2.75, 3.05) is 17.7 Å². The van der Waals surface area contributed by atoms with E-state index in [0.29, 0.717) is 23.1 Å². The van der Waals surface area contributed by atoms with Crippen molar-refractivity contribution in [2.45, 2.75) is 74.1 Å². The summed E-state index contributed by atoms with van der Waals surface area (Å²) >= 11 is 2.66. The number of aromatic nitrogens is 1. The number of amides is 2. The zero-order valence-corrected chi connectivity index (χ0v) is 18.0. The molecule has 0 aliphatic heterocycles. The monoisotopic (exact) mass is 423 g/mol. The van der Waals surface area contributed by atoms with Crippen LogP contribution in [-0.4, -0.2) is 51.9 Å². The standard InChI is InChI=1S/C20H29N3O3S2/c1-22(19-21-11-18(28-19)27-12-17(24)25)20(26)23(15-5-3-2-4-6-15)16-10-13-7-8-14(16)9-13/h11,13-16H,2-10,12H2,1H3,(H,24,25). The second kappa shape index (κ2) is 8.61. The van der Waals surface area contributed by atoms with Crippen molar-refractivity contribution in [1.82, 2.24) is 9.88 Å². The molecule has 3 aliphatic rings. The van der Waals surface area contributed by atoms with E-state index < -0.39 is 5.97 Å². The van der Waals surface area contributed by atoms with Crippen LogP contribution < -0.4 is 4.90 Å². The van der Waals surface area contributed by atoms with Gasteiger partial charge in [-0.1, -0.05) is 37.0 Å². The van der Waals surface area contributed by atoms with Gasteiger partial charge in [0.25, 0.3) is 0 Å². The number of hydrogen-bond acceptors (Lipinski definition) is 5. The first-order valence-corrected chi connectivity index (χ1v) is 12.2. The number of thioether (sulfide) groups is 1. The smallest absolute Gasteiger partial charge is 0.326 e. The SMILES string of the molecule is CN(C(=O)N(C1CCCCC1)C1CC2CCC1C2)c1ncc(SCC(=O)O)s1. The highest BCUT2D eigenvalue weighted by Gasteiger charge is 2.46. The molecule has 28 heavy (non-hydrogen) atoms. The Morgan fingerprint density at radius 2 is 2.00 bits per heavy atom. The van der Waals surface area contributed by atoms with Crippen LogP contribution in [0.15, 0.2) is 10.4 Å². The first-order valence-electron chi connectivity index (χ1n) is 10.4. The number of aliphatic carboxylic acids is 1. The molecule has 3 aliphatic carbocycles. The first-order chi connectivity index (χ1) is 13.5. The van der Waals surface area contributed by atoms with E-state index >= 15 is 0 Å². The first kappa shape index (κ1) is 20.0. The zero-order valence-electron chi connectivity index (χ0n) is 16.4. The summed E-state index contributed by atoms with van der Waals surface area (Å²) in [6.45, 7) is 0. The fraction of sp³-hybridized carbons (Fsp3) is 0.750. The van der Waals surface area contributed by atoms with Crippen molar-refractivity contribution in [1.29, 1.82) is 0 Å². The van der Waals surface area contributed by atoms with Crippen LogP contribution in [0.2, 0.25) is 0 Å². The summed E-state index contributed by atoms with van der Waals surface area (Å²) in [5.74, 6) is 0.642. The van der Waals surface area contributed by atoms with E-state index in [0.717, 1.165) is 23.0 Å².